The van der Waals surface area contributed by atoms with Crippen molar-refractivity contribution < 1.29 is 23.0 Å². The van der Waals surface area contributed by atoms with Crippen LogP contribution in [0.5, 0.6) is 11.5 Å². The van der Waals surface area contributed by atoms with Crippen molar-refractivity contribution in [1.29, 1.82) is 0 Å². The number of rotatable bonds is 8. The average Bonchev–Trinajstić information content (AvgIpc) is 2.57. The number of unbranched alkanes of at least 4 members (excludes halogenated alkanes) is 2. The molecule has 0 bridgehead atoms. The molecule has 1 saturated carbocycles. The van der Waals surface area contributed by atoms with E-state index in [0.29, 0.717) is 5.75 Å². The molecule has 1 aliphatic carbocycles. The van der Waals surface area contributed by atoms with Gasteiger partial charge in [0.1, 0.15) is 11.5 Å². The predicted molar refractivity (Wildman–Crippen MR) is 88.3 cm³/mol. The molecular weight excluding hydrogens is 314 g/mol. The third-order valence-electron chi connectivity index (χ3n) is 4.66. The van der Waals surface area contributed by atoms with Crippen molar-refractivity contribution >= 4 is 5.97 Å². The third kappa shape index (κ3) is 6.10. The van der Waals surface area contributed by atoms with Crippen molar-refractivity contribution in [2.75, 3.05) is 0 Å². The lowest BCUT2D eigenvalue weighted by Crippen LogP contribution is -2.25. The van der Waals surface area contributed by atoms with Crippen molar-refractivity contribution in [2.45, 2.75) is 64.9 Å². The van der Waals surface area contributed by atoms with E-state index in [-0.39, 0.29) is 17.6 Å². The van der Waals surface area contributed by atoms with Crippen LogP contribution in [0.15, 0.2) is 24.3 Å². The minimum absolute atomic E-state index is 0.0515. The number of esters is 1. The van der Waals surface area contributed by atoms with Gasteiger partial charge in [0.25, 0.3) is 0 Å². The Kier molecular flexibility index (Phi) is 7.47. The number of hydrogen-bond acceptors (Lipinski definition) is 3. The summed E-state index contributed by atoms with van der Waals surface area (Å²) in [5.41, 5.74) is 0. The van der Waals surface area contributed by atoms with Crippen LogP contribution in [-0.2, 0) is 4.79 Å². The molecule has 0 aromatic heterocycles. The van der Waals surface area contributed by atoms with Gasteiger partial charge in [-0.25, -0.2) is 0 Å². The Balaban J connectivity index is 1.75. The molecule has 0 N–H and O–H groups in total. The molecule has 1 aliphatic rings. The highest BCUT2D eigenvalue weighted by atomic mass is 19.3. The number of carbonyl (C=O) groups is 1. The van der Waals surface area contributed by atoms with Crippen molar-refractivity contribution in [3.05, 3.63) is 24.3 Å². The summed E-state index contributed by atoms with van der Waals surface area (Å²) in [6, 6.07) is 5.71. The van der Waals surface area contributed by atoms with E-state index in [2.05, 4.69) is 11.7 Å². The summed E-state index contributed by atoms with van der Waals surface area (Å²) in [5.74, 6) is 0.893. The molecule has 3 nitrogen and oxygen atoms in total. The van der Waals surface area contributed by atoms with E-state index in [1.165, 1.54) is 49.9 Å². The molecule has 5 heteroatoms. The van der Waals surface area contributed by atoms with Crippen LogP contribution in [0.1, 0.15) is 58.3 Å². The number of hydrogen-bond donors (Lipinski definition) is 0. The molecular formula is C19H26F2O3. The molecule has 0 saturated heterocycles. The summed E-state index contributed by atoms with van der Waals surface area (Å²) in [5, 5.41) is 0. The van der Waals surface area contributed by atoms with Crippen LogP contribution in [0.4, 0.5) is 8.78 Å². The first-order chi connectivity index (χ1) is 11.6. The Labute approximate surface area is 142 Å². The van der Waals surface area contributed by atoms with Gasteiger partial charge in [0, 0.05) is 0 Å². The summed E-state index contributed by atoms with van der Waals surface area (Å²) in [6.45, 7) is -0.648. The van der Waals surface area contributed by atoms with Crippen molar-refractivity contribution in [3.63, 3.8) is 0 Å². The van der Waals surface area contributed by atoms with Crippen LogP contribution in [0.2, 0.25) is 0 Å². The maximum Gasteiger partial charge on any atom is 0.387 e. The zero-order valence-electron chi connectivity index (χ0n) is 14.2. The molecule has 1 fully saturated rings. The lowest BCUT2D eigenvalue weighted by Gasteiger charge is -2.27. The van der Waals surface area contributed by atoms with Crippen LogP contribution in [0.3, 0.4) is 0 Å². The Morgan fingerprint density at radius 2 is 1.71 bits per heavy atom. The SMILES string of the molecule is CCCCCC1CCC(C(=O)Oc2ccc(OC(F)F)cc2)CC1. The molecule has 0 aliphatic heterocycles. The lowest BCUT2D eigenvalue weighted by atomic mass is 9.80. The third-order valence-corrected chi connectivity index (χ3v) is 4.66. The molecule has 134 valence electrons. The van der Waals surface area contributed by atoms with Gasteiger partial charge in [0.2, 0.25) is 0 Å². The molecule has 0 radical (unpaired) electrons. The highest BCUT2D eigenvalue weighted by Gasteiger charge is 2.27. The van der Waals surface area contributed by atoms with E-state index >= 15 is 0 Å². The molecule has 24 heavy (non-hydrogen) atoms. The van der Waals surface area contributed by atoms with Crippen LogP contribution in [0, 0.1) is 11.8 Å². The van der Waals surface area contributed by atoms with E-state index in [1.54, 1.807) is 0 Å². The zero-order valence-corrected chi connectivity index (χ0v) is 14.2. The number of alkyl halides is 2. The fourth-order valence-corrected chi connectivity index (χ4v) is 3.26. The first kappa shape index (κ1) is 18.7. The van der Waals surface area contributed by atoms with Crippen molar-refractivity contribution in [3.8, 4) is 11.5 Å². The molecule has 0 spiro atoms. The van der Waals surface area contributed by atoms with E-state index in [9.17, 15) is 13.6 Å². The molecule has 0 unspecified atom stereocenters. The van der Waals surface area contributed by atoms with Crippen LogP contribution in [-0.4, -0.2) is 12.6 Å². The maximum absolute atomic E-state index is 12.2. The van der Waals surface area contributed by atoms with Gasteiger partial charge in [0.15, 0.2) is 0 Å². The number of carbonyl (C=O) groups excluding carboxylic acids is 1. The van der Waals surface area contributed by atoms with Crippen molar-refractivity contribution in [1.82, 2.24) is 0 Å². The van der Waals surface area contributed by atoms with Gasteiger partial charge in [-0.05, 0) is 55.9 Å². The zero-order chi connectivity index (χ0) is 17.4. The smallest absolute Gasteiger partial charge is 0.387 e. The van der Waals surface area contributed by atoms with Gasteiger partial charge in [-0.3, -0.25) is 4.79 Å². The monoisotopic (exact) mass is 340 g/mol. The van der Waals surface area contributed by atoms with E-state index < -0.39 is 6.61 Å². The first-order valence-corrected chi connectivity index (χ1v) is 8.85. The Hall–Kier alpha value is -1.65. The molecule has 1 aromatic carbocycles. The van der Waals surface area contributed by atoms with E-state index in [0.717, 1.165) is 31.6 Å². The second-order valence-electron chi connectivity index (χ2n) is 6.48. The summed E-state index contributed by atoms with van der Waals surface area (Å²) in [4.78, 5) is 12.2. The molecule has 2 rings (SSSR count). The molecule has 0 heterocycles. The Morgan fingerprint density at radius 3 is 2.29 bits per heavy atom. The predicted octanol–water partition coefficient (Wildman–Crippen LogP) is 5.58. The summed E-state index contributed by atoms with van der Waals surface area (Å²) < 4.78 is 33.8. The topological polar surface area (TPSA) is 35.5 Å². The first-order valence-electron chi connectivity index (χ1n) is 8.85. The van der Waals surface area contributed by atoms with Gasteiger partial charge >= 0.3 is 12.6 Å². The van der Waals surface area contributed by atoms with Gasteiger partial charge in [-0.1, -0.05) is 32.6 Å². The number of benzene rings is 1. The van der Waals surface area contributed by atoms with Gasteiger partial charge in [-0.15, -0.1) is 0 Å². The maximum atomic E-state index is 12.2. The summed E-state index contributed by atoms with van der Waals surface area (Å²) >= 11 is 0. The Morgan fingerprint density at radius 1 is 1.08 bits per heavy atom. The summed E-state index contributed by atoms with van der Waals surface area (Å²) in [6.07, 6.45) is 9.00. The number of halogens is 2. The molecule has 0 atom stereocenters. The fraction of sp³-hybridized carbons (Fsp3) is 0.632. The normalized spacial score (nSPS) is 20.8. The Bertz CT molecular complexity index is 494. The van der Waals surface area contributed by atoms with Gasteiger partial charge < -0.3 is 9.47 Å². The van der Waals surface area contributed by atoms with Crippen LogP contribution < -0.4 is 9.47 Å². The van der Waals surface area contributed by atoms with Crippen molar-refractivity contribution in [2.24, 2.45) is 11.8 Å². The molecule has 0 amide bonds. The van der Waals surface area contributed by atoms with E-state index in [4.69, 9.17) is 4.74 Å². The minimum atomic E-state index is -2.86. The second-order valence-corrected chi connectivity index (χ2v) is 6.48. The number of ether oxygens (including phenoxy) is 2. The van der Waals surface area contributed by atoms with Crippen LogP contribution >= 0.6 is 0 Å². The van der Waals surface area contributed by atoms with E-state index in [1.807, 2.05) is 0 Å². The van der Waals surface area contributed by atoms with Gasteiger partial charge in [0.05, 0.1) is 5.92 Å². The molecule has 1 aromatic rings. The highest BCUT2D eigenvalue weighted by molar-refractivity contribution is 5.75. The fourth-order valence-electron chi connectivity index (χ4n) is 3.26. The minimum Gasteiger partial charge on any atom is -0.435 e. The standard InChI is InChI=1S/C19H26F2O3/c1-2-3-4-5-14-6-8-15(9-7-14)18(22)23-16-10-12-17(13-11-16)24-19(20)21/h10-15,19H,2-9H2,1H3. The largest absolute Gasteiger partial charge is 0.435 e. The quantitative estimate of drug-likeness (QED) is 0.352. The lowest BCUT2D eigenvalue weighted by molar-refractivity contribution is -0.140. The summed E-state index contributed by atoms with van der Waals surface area (Å²) in [7, 11) is 0. The highest BCUT2D eigenvalue weighted by Crippen LogP contribution is 2.33. The van der Waals surface area contributed by atoms with Crippen LogP contribution in [0.25, 0.3) is 0 Å². The second kappa shape index (κ2) is 9.60. The van der Waals surface area contributed by atoms with Gasteiger partial charge in [-0.2, -0.15) is 8.78 Å². The average molecular weight is 340 g/mol.